The number of hydrogen-bond acceptors (Lipinski definition) is 4. The van der Waals surface area contributed by atoms with E-state index < -0.39 is 0 Å². The molecule has 0 aliphatic rings. The first kappa shape index (κ1) is 15.8. The van der Waals surface area contributed by atoms with Crippen LogP contribution in [0.3, 0.4) is 0 Å². The molecule has 0 bridgehead atoms. The first-order chi connectivity index (χ1) is 11.1. The summed E-state index contributed by atoms with van der Waals surface area (Å²) in [6.07, 6.45) is 0. The van der Waals surface area contributed by atoms with Crippen molar-refractivity contribution in [1.82, 2.24) is 10.3 Å². The fourth-order valence-corrected chi connectivity index (χ4v) is 3.10. The molecule has 3 rings (SSSR count). The highest BCUT2D eigenvalue weighted by Crippen LogP contribution is 2.22. The molecule has 0 atom stereocenters. The quantitative estimate of drug-likeness (QED) is 0.761. The van der Waals surface area contributed by atoms with Crippen molar-refractivity contribution < 1.29 is 9.53 Å². The zero-order valence-electron chi connectivity index (χ0n) is 12.5. The van der Waals surface area contributed by atoms with Crippen molar-refractivity contribution in [1.29, 1.82) is 0 Å². The zero-order valence-corrected chi connectivity index (χ0v) is 14.1. The number of aryl methyl sites for hydroxylation is 1. The minimum Gasteiger partial charge on any atom is -0.484 e. The zero-order chi connectivity index (χ0) is 16.2. The average Bonchev–Trinajstić information content (AvgIpc) is 2.97. The number of fused-ring (bicyclic) bond motifs is 1. The number of thiazole rings is 1. The number of carbonyl (C=O) groups excluding carboxylic acids is 1. The molecule has 2 aromatic carbocycles. The van der Waals surface area contributed by atoms with Crippen molar-refractivity contribution >= 4 is 39.1 Å². The van der Waals surface area contributed by atoms with Gasteiger partial charge in [0, 0.05) is 5.02 Å². The van der Waals surface area contributed by atoms with Crippen LogP contribution >= 0.6 is 22.9 Å². The Balaban J connectivity index is 1.52. The molecule has 1 aromatic heterocycles. The van der Waals surface area contributed by atoms with Crippen LogP contribution in [0.4, 0.5) is 0 Å². The first-order valence-electron chi connectivity index (χ1n) is 7.12. The number of rotatable bonds is 5. The third kappa shape index (κ3) is 4.00. The van der Waals surface area contributed by atoms with E-state index in [1.54, 1.807) is 23.5 Å². The molecule has 0 aliphatic carbocycles. The number of ether oxygens (including phenoxy) is 1. The van der Waals surface area contributed by atoms with Gasteiger partial charge in [-0.3, -0.25) is 4.79 Å². The molecule has 0 radical (unpaired) electrons. The van der Waals surface area contributed by atoms with E-state index in [0.717, 1.165) is 20.8 Å². The third-order valence-corrected chi connectivity index (χ3v) is 4.73. The van der Waals surface area contributed by atoms with Crippen molar-refractivity contribution in [3.8, 4) is 5.75 Å². The SMILES string of the molecule is Cc1cc(OCC(=O)NCc2nc3ccccc3s2)ccc1Cl. The maximum Gasteiger partial charge on any atom is 0.258 e. The molecule has 3 aromatic rings. The Bertz CT molecular complexity index is 814. The van der Waals surface area contributed by atoms with Crippen LogP contribution in [0.15, 0.2) is 42.5 Å². The largest absolute Gasteiger partial charge is 0.484 e. The molecule has 0 spiro atoms. The van der Waals surface area contributed by atoms with Gasteiger partial charge in [-0.2, -0.15) is 0 Å². The Morgan fingerprint density at radius 1 is 1.30 bits per heavy atom. The second-order valence-corrected chi connectivity index (χ2v) is 6.57. The van der Waals surface area contributed by atoms with Gasteiger partial charge in [-0.1, -0.05) is 23.7 Å². The summed E-state index contributed by atoms with van der Waals surface area (Å²) >= 11 is 7.53. The summed E-state index contributed by atoms with van der Waals surface area (Å²) in [4.78, 5) is 16.3. The summed E-state index contributed by atoms with van der Waals surface area (Å²) < 4.78 is 6.58. The maximum atomic E-state index is 11.9. The van der Waals surface area contributed by atoms with Crippen LogP contribution in [-0.4, -0.2) is 17.5 Å². The third-order valence-electron chi connectivity index (χ3n) is 3.27. The fraction of sp³-hybridized carbons (Fsp3) is 0.176. The molecule has 4 nitrogen and oxygen atoms in total. The lowest BCUT2D eigenvalue weighted by Crippen LogP contribution is -2.28. The molecule has 23 heavy (non-hydrogen) atoms. The minimum absolute atomic E-state index is 0.0357. The number of nitrogens with zero attached hydrogens (tertiary/aromatic N) is 1. The van der Waals surface area contributed by atoms with Gasteiger partial charge in [0.15, 0.2) is 6.61 Å². The highest BCUT2D eigenvalue weighted by atomic mass is 35.5. The smallest absolute Gasteiger partial charge is 0.258 e. The van der Waals surface area contributed by atoms with E-state index in [-0.39, 0.29) is 12.5 Å². The van der Waals surface area contributed by atoms with Crippen molar-refractivity contribution in [3.05, 3.63) is 58.1 Å². The molecule has 0 saturated heterocycles. The predicted octanol–water partition coefficient (Wildman–Crippen LogP) is 3.95. The van der Waals surface area contributed by atoms with Gasteiger partial charge < -0.3 is 10.1 Å². The number of carbonyl (C=O) groups is 1. The number of aromatic nitrogens is 1. The summed E-state index contributed by atoms with van der Waals surface area (Å²) in [6, 6.07) is 13.2. The summed E-state index contributed by atoms with van der Waals surface area (Å²) in [6.45, 7) is 2.26. The van der Waals surface area contributed by atoms with Gasteiger partial charge in [0.05, 0.1) is 16.8 Å². The second-order valence-electron chi connectivity index (χ2n) is 5.05. The molecule has 1 amide bonds. The van der Waals surface area contributed by atoms with Crippen molar-refractivity contribution in [2.24, 2.45) is 0 Å². The highest BCUT2D eigenvalue weighted by molar-refractivity contribution is 7.18. The predicted molar refractivity (Wildman–Crippen MR) is 93.2 cm³/mol. The van der Waals surface area contributed by atoms with Gasteiger partial charge in [0.2, 0.25) is 0 Å². The van der Waals surface area contributed by atoms with Crippen LogP contribution in [0.1, 0.15) is 10.6 Å². The van der Waals surface area contributed by atoms with Crippen LogP contribution in [0, 0.1) is 6.92 Å². The number of hydrogen-bond donors (Lipinski definition) is 1. The summed E-state index contributed by atoms with van der Waals surface area (Å²) in [5, 5.41) is 4.37. The number of halogens is 1. The van der Waals surface area contributed by atoms with Gasteiger partial charge in [-0.05, 0) is 42.8 Å². The van der Waals surface area contributed by atoms with Crippen LogP contribution in [0.25, 0.3) is 10.2 Å². The van der Waals surface area contributed by atoms with E-state index in [4.69, 9.17) is 16.3 Å². The topological polar surface area (TPSA) is 51.2 Å². The van der Waals surface area contributed by atoms with Gasteiger partial charge in [-0.15, -0.1) is 11.3 Å². The van der Waals surface area contributed by atoms with Crippen LogP contribution in [0.2, 0.25) is 5.02 Å². The van der Waals surface area contributed by atoms with Crippen LogP contribution in [-0.2, 0) is 11.3 Å². The Morgan fingerprint density at radius 2 is 2.13 bits per heavy atom. The monoisotopic (exact) mass is 346 g/mol. The van der Waals surface area contributed by atoms with Crippen LogP contribution in [0.5, 0.6) is 5.75 Å². The molecule has 0 fully saturated rings. The molecule has 0 unspecified atom stereocenters. The van der Waals surface area contributed by atoms with Crippen molar-refractivity contribution in [2.45, 2.75) is 13.5 Å². The van der Waals surface area contributed by atoms with E-state index in [1.807, 2.05) is 37.3 Å². The maximum absolute atomic E-state index is 11.9. The summed E-state index contributed by atoms with van der Waals surface area (Å²) in [5.41, 5.74) is 1.87. The molecule has 118 valence electrons. The normalized spacial score (nSPS) is 10.7. The van der Waals surface area contributed by atoms with Gasteiger partial charge >= 0.3 is 0 Å². The summed E-state index contributed by atoms with van der Waals surface area (Å²) in [7, 11) is 0. The van der Waals surface area contributed by atoms with E-state index in [2.05, 4.69) is 10.3 Å². The van der Waals surface area contributed by atoms with E-state index in [9.17, 15) is 4.79 Å². The number of benzene rings is 2. The molecule has 0 saturated carbocycles. The van der Waals surface area contributed by atoms with E-state index >= 15 is 0 Å². The van der Waals surface area contributed by atoms with Gasteiger partial charge in [0.1, 0.15) is 10.8 Å². The average molecular weight is 347 g/mol. The molecule has 1 N–H and O–H groups in total. The highest BCUT2D eigenvalue weighted by Gasteiger charge is 2.07. The Morgan fingerprint density at radius 3 is 2.91 bits per heavy atom. The fourth-order valence-electron chi connectivity index (χ4n) is 2.08. The molecular weight excluding hydrogens is 332 g/mol. The van der Waals surface area contributed by atoms with E-state index in [1.165, 1.54) is 0 Å². The van der Waals surface area contributed by atoms with E-state index in [0.29, 0.717) is 17.3 Å². The molecule has 1 heterocycles. The van der Waals surface area contributed by atoms with Gasteiger partial charge in [-0.25, -0.2) is 4.98 Å². The molecule has 6 heteroatoms. The summed E-state index contributed by atoms with van der Waals surface area (Å²) in [5.74, 6) is 0.443. The van der Waals surface area contributed by atoms with Crippen molar-refractivity contribution in [2.75, 3.05) is 6.61 Å². The molecule has 0 aliphatic heterocycles. The lowest BCUT2D eigenvalue weighted by Gasteiger charge is -2.07. The number of amides is 1. The number of para-hydroxylation sites is 1. The Hall–Kier alpha value is -2.11. The Kier molecular flexibility index (Phi) is 4.79. The van der Waals surface area contributed by atoms with Gasteiger partial charge in [0.25, 0.3) is 5.91 Å². The Labute approximate surface area is 143 Å². The first-order valence-corrected chi connectivity index (χ1v) is 8.31. The van der Waals surface area contributed by atoms with Crippen LogP contribution < -0.4 is 10.1 Å². The second kappa shape index (κ2) is 6.98. The lowest BCUT2D eigenvalue weighted by molar-refractivity contribution is -0.123. The molecular formula is C17H15ClN2O2S. The number of nitrogens with one attached hydrogen (secondary N) is 1. The minimum atomic E-state index is -0.183. The lowest BCUT2D eigenvalue weighted by atomic mass is 10.2. The van der Waals surface area contributed by atoms with Crippen molar-refractivity contribution in [3.63, 3.8) is 0 Å². The standard InChI is InChI=1S/C17H15ClN2O2S/c1-11-8-12(6-7-13(11)18)22-10-16(21)19-9-17-20-14-4-2-3-5-15(14)23-17/h2-8H,9-10H2,1H3,(H,19,21).